The minimum absolute atomic E-state index is 0.215. The second-order valence-electron chi connectivity index (χ2n) is 5.91. The smallest absolute Gasteiger partial charge is 0.0683 e. The number of nitriles is 1. The van der Waals surface area contributed by atoms with Crippen LogP contribution in [0.5, 0.6) is 0 Å². The van der Waals surface area contributed by atoms with Crippen molar-refractivity contribution in [2.24, 2.45) is 11.3 Å². The Bertz CT molecular complexity index is 287. The summed E-state index contributed by atoms with van der Waals surface area (Å²) < 4.78 is 11.8. The molecule has 0 heterocycles. The molecule has 0 N–H and O–H groups in total. The zero-order chi connectivity index (χ0) is 12.7. The third-order valence-corrected chi connectivity index (χ3v) is 5.21. The van der Waals surface area contributed by atoms with E-state index in [1.807, 2.05) is 13.8 Å². The predicted octanol–water partition coefficient (Wildman–Crippen LogP) is 3.65. The van der Waals surface area contributed by atoms with Gasteiger partial charge in [-0.05, 0) is 45.4 Å². The fourth-order valence-electron chi connectivity index (χ4n) is 2.41. The van der Waals surface area contributed by atoms with Crippen LogP contribution in [0.3, 0.4) is 0 Å². The summed E-state index contributed by atoms with van der Waals surface area (Å²) in [7, 11) is -0.623. The molecule has 0 saturated heterocycles. The first-order valence-corrected chi connectivity index (χ1v) is 8.28. The van der Waals surface area contributed by atoms with Crippen molar-refractivity contribution in [1.82, 2.24) is 0 Å². The van der Waals surface area contributed by atoms with Crippen LogP contribution in [0.2, 0.25) is 0 Å². The first-order valence-electron chi connectivity index (χ1n) is 6.80. The molecule has 17 heavy (non-hydrogen) atoms. The van der Waals surface area contributed by atoms with Crippen molar-refractivity contribution in [3.8, 4) is 6.07 Å². The van der Waals surface area contributed by atoms with Crippen LogP contribution in [-0.2, 0) is 10.8 Å². The van der Waals surface area contributed by atoms with E-state index in [0.29, 0.717) is 0 Å². The van der Waals surface area contributed by atoms with Gasteiger partial charge in [0, 0.05) is 22.3 Å². The molecule has 0 spiro atoms. The van der Waals surface area contributed by atoms with E-state index in [1.165, 1.54) is 25.7 Å². The van der Waals surface area contributed by atoms with Crippen LogP contribution in [0.4, 0.5) is 0 Å². The maximum absolute atomic E-state index is 11.8. The average Bonchev–Trinajstić information content (AvgIpc) is 2.77. The van der Waals surface area contributed by atoms with Crippen molar-refractivity contribution in [3.05, 3.63) is 0 Å². The first kappa shape index (κ1) is 14.7. The van der Waals surface area contributed by atoms with E-state index in [9.17, 15) is 4.21 Å². The van der Waals surface area contributed by atoms with E-state index in [1.54, 1.807) is 0 Å². The minimum atomic E-state index is -0.623. The van der Waals surface area contributed by atoms with Crippen LogP contribution in [0.1, 0.15) is 58.8 Å². The van der Waals surface area contributed by atoms with Crippen LogP contribution in [-0.4, -0.2) is 15.7 Å². The Hall–Kier alpha value is -0.360. The highest BCUT2D eigenvalue weighted by molar-refractivity contribution is 7.84. The van der Waals surface area contributed by atoms with Gasteiger partial charge in [0.15, 0.2) is 0 Å². The average molecular weight is 255 g/mol. The molecule has 2 nitrogen and oxygen atoms in total. The quantitative estimate of drug-likeness (QED) is 0.652. The lowest BCUT2D eigenvalue weighted by Gasteiger charge is -2.14. The monoisotopic (exact) mass is 255 g/mol. The summed E-state index contributed by atoms with van der Waals surface area (Å²) in [5, 5.41) is 8.88. The van der Waals surface area contributed by atoms with E-state index < -0.39 is 10.8 Å². The highest BCUT2D eigenvalue weighted by Crippen LogP contribution is 2.26. The zero-order valence-corrected chi connectivity index (χ0v) is 12.0. The first-order chi connectivity index (χ1) is 8.03. The molecule has 1 aliphatic carbocycles. The second-order valence-corrected chi connectivity index (χ2v) is 7.54. The molecule has 1 unspecified atom stereocenters. The van der Waals surface area contributed by atoms with Gasteiger partial charge in [-0.15, -0.1) is 0 Å². The lowest BCUT2D eigenvalue weighted by atomic mass is 9.89. The maximum atomic E-state index is 11.8. The van der Waals surface area contributed by atoms with E-state index in [4.69, 9.17) is 5.26 Å². The summed E-state index contributed by atoms with van der Waals surface area (Å²) in [6, 6.07) is 2.31. The topological polar surface area (TPSA) is 40.9 Å². The normalized spacial score (nSPS) is 19.1. The van der Waals surface area contributed by atoms with E-state index in [2.05, 4.69) is 6.07 Å². The van der Waals surface area contributed by atoms with Gasteiger partial charge >= 0.3 is 0 Å². The number of hydrogen-bond donors (Lipinski definition) is 0. The highest BCUT2D eigenvalue weighted by Gasteiger charge is 2.18. The van der Waals surface area contributed by atoms with Crippen LogP contribution in [0.25, 0.3) is 0 Å². The lowest BCUT2D eigenvalue weighted by Crippen LogP contribution is -2.12. The summed E-state index contributed by atoms with van der Waals surface area (Å²) in [5.74, 6) is 2.48. The fraction of sp³-hybridized carbons (Fsp3) is 0.929. The van der Waals surface area contributed by atoms with Crippen LogP contribution < -0.4 is 0 Å². The molecular formula is C14H25NOS. The van der Waals surface area contributed by atoms with Crippen molar-refractivity contribution in [1.29, 1.82) is 5.26 Å². The highest BCUT2D eigenvalue weighted by atomic mass is 32.2. The Morgan fingerprint density at radius 1 is 1.29 bits per heavy atom. The molecule has 1 atom stereocenters. The van der Waals surface area contributed by atoms with E-state index in [-0.39, 0.29) is 5.41 Å². The molecule has 0 bridgehead atoms. The van der Waals surface area contributed by atoms with Gasteiger partial charge in [0.2, 0.25) is 0 Å². The molecule has 0 aromatic heterocycles. The van der Waals surface area contributed by atoms with Crippen LogP contribution >= 0.6 is 0 Å². The largest absolute Gasteiger partial charge is 0.260 e. The molecule has 1 saturated carbocycles. The zero-order valence-electron chi connectivity index (χ0n) is 11.2. The van der Waals surface area contributed by atoms with Gasteiger partial charge in [-0.3, -0.25) is 4.21 Å². The molecule has 1 rings (SSSR count). The van der Waals surface area contributed by atoms with Gasteiger partial charge < -0.3 is 0 Å². The van der Waals surface area contributed by atoms with Crippen LogP contribution in [0, 0.1) is 22.7 Å². The molecule has 98 valence electrons. The van der Waals surface area contributed by atoms with Gasteiger partial charge in [0.25, 0.3) is 0 Å². The second kappa shape index (κ2) is 7.16. The molecule has 3 heteroatoms. The Kier molecular flexibility index (Phi) is 6.19. The van der Waals surface area contributed by atoms with Gasteiger partial charge in [-0.2, -0.15) is 5.26 Å². The molecule has 0 aromatic carbocycles. The molecule has 0 aliphatic heterocycles. The Morgan fingerprint density at radius 3 is 2.53 bits per heavy atom. The van der Waals surface area contributed by atoms with Gasteiger partial charge in [0.1, 0.15) is 0 Å². The SMILES string of the molecule is CC(C)(C#N)CCCCS(=O)CC1CCCC1. The third kappa shape index (κ3) is 6.21. The van der Waals surface area contributed by atoms with Gasteiger partial charge in [-0.1, -0.05) is 19.3 Å². The van der Waals surface area contributed by atoms with E-state index in [0.717, 1.165) is 36.7 Å². The predicted molar refractivity (Wildman–Crippen MR) is 73.1 cm³/mol. The van der Waals surface area contributed by atoms with Crippen molar-refractivity contribution >= 4 is 10.8 Å². The summed E-state index contributed by atoms with van der Waals surface area (Å²) >= 11 is 0. The summed E-state index contributed by atoms with van der Waals surface area (Å²) in [5.41, 5.74) is -0.215. The molecular weight excluding hydrogens is 230 g/mol. The lowest BCUT2D eigenvalue weighted by molar-refractivity contribution is 0.432. The Labute approximate surface area is 108 Å². The van der Waals surface area contributed by atoms with E-state index >= 15 is 0 Å². The fourth-order valence-corrected chi connectivity index (χ4v) is 3.96. The summed E-state index contributed by atoms with van der Waals surface area (Å²) in [4.78, 5) is 0. The van der Waals surface area contributed by atoms with Crippen molar-refractivity contribution in [2.45, 2.75) is 58.8 Å². The molecule has 0 radical (unpaired) electrons. The molecule has 1 fully saturated rings. The number of hydrogen-bond acceptors (Lipinski definition) is 2. The Balaban J connectivity index is 2.06. The minimum Gasteiger partial charge on any atom is -0.260 e. The number of unbranched alkanes of at least 4 members (excludes halogenated alkanes) is 1. The number of rotatable bonds is 7. The number of nitrogens with zero attached hydrogens (tertiary/aromatic N) is 1. The standard InChI is InChI=1S/C14H25NOS/c1-14(2,12-15)9-5-6-10-17(16)11-13-7-3-4-8-13/h13H,3-11H2,1-2H3. The molecule has 1 aliphatic rings. The van der Waals surface area contributed by atoms with Crippen molar-refractivity contribution < 1.29 is 4.21 Å². The van der Waals surface area contributed by atoms with Crippen LogP contribution in [0.15, 0.2) is 0 Å². The maximum Gasteiger partial charge on any atom is 0.0683 e. The van der Waals surface area contributed by atoms with Gasteiger partial charge in [0.05, 0.1) is 11.5 Å². The van der Waals surface area contributed by atoms with Gasteiger partial charge in [-0.25, -0.2) is 0 Å². The Morgan fingerprint density at radius 2 is 1.94 bits per heavy atom. The third-order valence-electron chi connectivity index (χ3n) is 3.62. The molecule has 0 aromatic rings. The van der Waals surface area contributed by atoms with Crippen molar-refractivity contribution in [3.63, 3.8) is 0 Å². The summed E-state index contributed by atoms with van der Waals surface area (Å²) in [6.45, 7) is 3.95. The van der Waals surface area contributed by atoms with Crippen molar-refractivity contribution in [2.75, 3.05) is 11.5 Å². The summed E-state index contributed by atoms with van der Waals surface area (Å²) in [6.07, 6.45) is 8.18. The molecule has 0 amide bonds.